The molecule has 3 amide bonds. The van der Waals surface area contributed by atoms with Gasteiger partial charge in [-0.15, -0.1) is 0 Å². The number of aliphatic hydroxyl groups excluding tert-OH is 10. The molecule has 0 unspecified atom stereocenters. The van der Waals surface area contributed by atoms with Crippen LogP contribution in [0, 0.1) is 0 Å². The van der Waals surface area contributed by atoms with Crippen LogP contribution in [-0.4, -0.2) is 180 Å². The van der Waals surface area contributed by atoms with Crippen LogP contribution in [0.25, 0.3) is 11.1 Å². The maximum Gasteiger partial charge on any atom is 0.408 e. The fourth-order valence-electron chi connectivity index (χ4n) is 7.30. The van der Waals surface area contributed by atoms with Crippen molar-refractivity contribution in [1.82, 2.24) is 20.9 Å². The molecule has 0 aromatic heterocycles. The Morgan fingerprint density at radius 1 is 0.565 bits per heavy atom. The predicted molar refractivity (Wildman–Crippen MR) is 256 cm³/mol. The van der Waals surface area contributed by atoms with E-state index in [0.29, 0.717) is 32.4 Å². The molecule has 0 bridgehead atoms. The monoisotopic (exact) mass is 973 g/mol. The number of amides is 3. The smallest absolute Gasteiger partial charge is 0.408 e. The van der Waals surface area contributed by atoms with Gasteiger partial charge in [0, 0.05) is 26.2 Å². The summed E-state index contributed by atoms with van der Waals surface area (Å²) in [7, 11) is 0. The van der Waals surface area contributed by atoms with Crippen LogP contribution in [0.2, 0.25) is 0 Å². The molecule has 69 heavy (non-hydrogen) atoms. The zero-order valence-corrected chi connectivity index (χ0v) is 40.0. The van der Waals surface area contributed by atoms with Crippen molar-refractivity contribution in [2.45, 2.75) is 139 Å². The van der Waals surface area contributed by atoms with E-state index < -0.39 is 105 Å². The molecule has 13 N–H and O–H groups in total. The van der Waals surface area contributed by atoms with Crippen molar-refractivity contribution in [3.63, 3.8) is 0 Å². The summed E-state index contributed by atoms with van der Waals surface area (Å²) in [6.07, 6.45) is -11.4. The molecule has 0 fully saturated rings. The maximum absolute atomic E-state index is 13.5. The number of carbonyl (C=O) groups excluding carboxylic acids is 3. The largest absolute Gasteiger partial charge is 0.445 e. The summed E-state index contributed by atoms with van der Waals surface area (Å²) >= 11 is 0. The highest BCUT2D eigenvalue weighted by Crippen LogP contribution is 2.22. The lowest BCUT2D eigenvalue weighted by Gasteiger charge is -2.33. The second-order valence-electron chi connectivity index (χ2n) is 18.3. The number of nitrogens with one attached hydrogen (secondary N) is 3. The first-order valence-electron chi connectivity index (χ1n) is 23.6. The fourth-order valence-corrected chi connectivity index (χ4v) is 7.30. The molecule has 0 saturated heterocycles. The third-order valence-corrected chi connectivity index (χ3v) is 11.3. The lowest BCUT2D eigenvalue weighted by molar-refractivity contribution is -0.130. The van der Waals surface area contributed by atoms with Gasteiger partial charge in [-0.25, -0.2) is 9.59 Å². The Bertz CT molecular complexity index is 1870. The van der Waals surface area contributed by atoms with Gasteiger partial charge >= 0.3 is 12.2 Å². The number of hydrogen-bond donors (Lipinski definition) is 13. The van der Waals surface area contributed by atoms with Gasteiger partial charge in [0.15, 0.2) is 0 Å². The molecule has 19 nitrogen and oxygen atoms in total. The summed E-state index contributed by atoms with van der Waals surface area (Å²) in [4.78, 5) is 39.6. The van der Waals surface area contributed by atoms with Crippen molar-refractivity contribution < 1.29 is 74.9 Å². The molecule has 0 spiro atoms. The summed E-state index contributed by atoms with van der Waals surface area (Å²) in [5.74, 6) is -0.447. The molecule has 0 heterocycles. The molecule has 386 valence electrons. The molecule has 9 atom stereocenters. The number of benzene rings is 3. The van der Waals surface area contributed by atoms with Crippen molar-refractivity contribution >= 4 is 18.1 Å². The van der Waals surface area contributed by atoms with Gasteiger partial charge in [0.2, 0.25) is 5.91 Å². The van der Waals surface area contributed by atoms with Crippen LogP contribution in [0.5, 0.6) is 0 Å². The Balaban J connectivity index is 1.50. The highest BCUT2D eigenvalue weighted by atomic mass is 16.6. The third kappa shape index (κ3) is 22.2. The number of ether oxygens (including phenoxy) is 2. The number of aliphatic hydroxyl groups is 10. The molecule has 3 aromatic carbocycles. The predicted octanol–water partition coefficient (Wildman–Crippen LogP) is 0.889. The normalized spacial score (nSPS) is 15.7. The Morgan fingerprint density at radius 2 is 1.06 bits per heavy atom. The standard InChI is InChI=1S/C50H76N4O15/c1-50(2,3)69-49(67)53-38(16-8-10-27-54(28-39(57)43(61)45(63)41(59)30-55)29-40(58)44(62)46(64)42(60)31-56)47(65)51-26-11-15-34-19-23-37(24-20-34)36-21-17-33(18-22-36)12-7-9-25-52-48(66)68-32-35-13-5-4-6-14-35/h4-6,13-14,17-24,38-46,55-64H,7-12,15-16,25-32H2,1-3H3,(H,51,65)(H,52,66)(H,53,67)/t38-,39-,40-,41+,42+,43+,44+,45+,46+/m0/s1. The fraction of sp³-hybridized carbons (Fsp3) is 0.580. The van der Waals surface area contributed by atoms with Crippen molar-refractivity contribution in [2.24, 2.45) is 0 Å². The molecule has 0 radical (unpaired) electrons. The quantitative estimate of drug-likeness (QED) is 0.0399. The molecular formula is C50H76N4O15. The summed E-state index contributed by atoms with van der Waals surface area (Å²) in [5.41, 5.74) is 4.51. The summed E-state index contributed by atoms with van der Waals surface area (Å²) in [6, 6.07) is 25.1. The summed E-state index contributed by atoms with van der Waals surface area (Å²) in [6.45, 7) is 3.51. The van der Waals surface area contributed by atoms with Crippen molar-refractivity contribution in [2.75, 3.05) is 45.9 Å². The summed E-state index contributed by atoms with van der Waals surface area (Å²) in [5, 5.41) is 109. The molecule has 19 heteroatoms. The molecule has 0 aliphatic heterocycles. The first-order valence-corrected chi connectivity index (χ1v) is 23.6. The molecular weight excluding hydrogens is 897 g/mol. The van der Waals surface area contributed by atoms with Gasteiger partial charge in [-0.2, -0.15) is 0 Å². The minimum absolute atomic E-state index is 0.0478. The van der Waals surface area contributed by atoms with E-state index in [1.807, 2.05) is 42.5 Å². The van der Waals surface area contributed by atoms with Crippen molar-refractivity contribution in [3.8, 4) is 11.1 Å². The topological polar surface area (TPSA) is 311 Å². The third-order valence-electron chi connectivity index (χ3n) is 11.3. The minimum Gasteiger partial charge on any atom is -0.445 e. The SMILES string of the molecule is CC(C)(C)OC(=O)N[C@@H](CCCCN(C[C@H](O)[C@@H](O)[C@H](O)[C@H](O)CO)C[C@H](O)[C@@H](O)[C@H](O)[C@H](O)CO)C(=O)NCCCc1ccc(-c2ccc(CCCCNC(=O)OCc3ccccc3)cc2)cc1. The number of nitrogens with zero attached hydrogens (tertiary/aromatic N) is 1. The highest BCUT2D eigenvalue weighted by Gasteiger charge is 2.34. The number of alkyl carbamates (subject to hydrolysis) is 2. The van der Waals surface area contributed by atoms with Gasteiger partial charge in [-0.3, -0.25) is 9.69 Å². The van der Waals surface area contributed by atoms with Crippen LogP contribution in [0.15, 0.2) is 78.9 Å². The summed E-state index contributed by atoms with van der Waals surface area (Å²) < 4.78 is 10.7. The van der Waals surface area contributed by atoms with Crippen LogP contribution in [-0.2, 0) is 33.7 Å². The second kappa shape index (κ2) is 30.8. The average molecular weight is 973 g/mol. The van der Waals surface area contributed by atoms with E-state index >= 15 is 0 Å². The molecule has 0 aliphatic carbocycles. The van der Waals surface area contributed by atoms with Crippen molar-refractivity contribution in [1.29, 1.82) is 0 Å². The average Bonchev–Trinajstić information content (AvgIpc) is 3.33. The lowest BCUT2D eigenvalue weighted by atomic mass is 9.99. The zero-order chi connectivity index (χ0) is 50.9. The van der Waals surface area contributed by atoms with Crippen molar-refractivity contribution in [3.05, 3.63) is 95.6 Å². The molecule has 3 aromatic rings. The van der Waals surface area contributed by atoms with Gasteiger partial charge in [-0.1, -0.05) is 78.9 Å². The van der Waals surface area contributed by atoms with Gasteiger partial charge < -0.3 is 76.5 Å². The Labute approximate surface area is 404 Å². The number of unbranched alkanes of at least 4 members (excludes halogenated alkanes) is 2. The van der Waals surface area contributed by atoms with E-state index in [1.165, 1.54) is 10.5 Å². The molecule has 0 aliphatic rings. The molecule has 3 rings (SSSR count). The van der Waals surface area contributed by atoms with Gasteiger partial charge in [0.25, 0.3) is 0 Å². The van der Waals surface area contributed by atoms with Gasteiger partial charge in [0.05, 0.1) is 25.4 Å². The van der Waals surface area contributed by atoms with E-state index in [4.69, 9.17) is 19.7 Å². The van der Waals surface area contributed by atoms with E-state index in [9.17, 15) is 55.2 Å². The van der Waals surface area contributed by atoms with Gasteiger partial charge in [-0.05, 0) is 106 Å². The highest BCUT2D eigenvalue weighted by molar-refractivity contribution is 5.85. The van der Waals surface area contributed by atoms with E-state index in [-0.39, 0.29) is 26.0 Å². The van der Waals surface area contributed by atoms with E-state index in [2.05, 4.69) is 52.3 Å². The van der Waals surface area contributed by atoms with Gasteiger partial charge in [0.1, 0.15) is 54.9 Å². The van der Waals surface area contributed by atoms with Crippen LogP contribution in [0.1, 0.15) is 76.0 Å². The lowest BCUT2D eigenvalue weighted by Crippen LogP contribution is -2.53. The zero-order valence-electron chi connectivity index (χ0n) is 40.0. The first-order chi connectivity index (χ1) is 32.8. The second-order valence-corrected chi connectivity index (χ2v) is 18.3. The Morgan fingerprint density at radius 3 is 1.57 bits per heavy atom. The first kappa shape index (κ1) is 58.5. The van der Waals surface area contributed by atoms with E-state index in [0.717, 1.165) is 41.5 Å². The number of rotatable bonds is 31. The van der Waals surface area contributed by atoms with Crippen LogP contribution in [0.3, 0.4) is 0 Å². The van der Waals surface area contributed by atoms with Crippen LogP contribution in [0.4, 0.5) is 9.59 Å². The molecule has 0 saturated carbocycles. The van der Waals surface area contributed by atoms with Crippen LogP contribution >= 0.6 is 0 Å². The number of hydrogen-bond acceptors (Lipinski definition) is 16. The minimum atomic E-state index is -1.93. The van der Waals surface area contributed by atoms with E-state index in [1.54, 1.807) is 20.8 Å². The Hall–Kier alpha value is -4.77. The number of aryl methyl sites for hydroxylation is 2. The van der Waals surface area contributed by atoms with Crippen LogP contribution < -0.4 is 16.0 Å². The maximum atomic E-state index is 13.5. The number of carbonyl (C=O) groups is 3. The Kier molecular flexibility index (Phi) is 26.1.